The number of nitrogens with zero attached hydrogens (tertiary/aromatic N) is 2. The number of ether oxygens (including phenoxy) is 1. The predicted molar refractivity (Wildman–Crippen MR) is 88.6 cm³/mol. The van der Waals surface area contributed by atoms with Crippen molar-refractivity contribution >= 4 is 46.5 Å². The number of methoxy groups -OCH3 is 1. The molecule has 0 fully saturated rings. The summed E-state index contributed by atoms with van der Waals surface area (Å²) in [5.41, 5.74) is 0.873. The van der Waals surface area contributed by atoms with Gasteiger partial charge in [0.25, 0.3) is 11.8 Å². The zero-order chi connectivity index (χ0) is 16.4. The van der Waals surface area contributed by atoms with E-state index in [2.05, 4.69) is 15.5 Å². The normalized spacial score (nSPS) is 10.6. The van der Waals surface area contributed by atoms with Gasteiger partial charge in [0, 0.05) is 0 Å². The molecular weight excluding hydrogens is 361 g/mol. The highest BCUT2D eigenvalue weighted by atomic mass is 35.5. The fourth-order valence-corrected chi connectivity index (χ4v) is 3.32. The molecule has 0 aliphatic rings. The standard InChI is InChI=1S/C14H9Cl2N3O3S/c1-21-9-5-3-2-4-7(9)13-18-19-14(22-13)17-12(20)8-6-10(15)23-11(8)16/h2-6H,1H3,(H,17,19,20). The Morgan fingerprint density at radius 3 is 2.78 bits per heavy atom. The average Bonchev–Trinajstić information content (AvgIpc) is 3.13. The number of aromatic nitrogens is 2. The maximum Gasteiger partial charge on any atom is 0.322 e. The molecule has 3 rings (SSSR count). The number of hydrogen-bond donors (Lipinski definition) is 1. The van der Waals surface area contributed by atoms with E-state index in [1.807, 2.05) is 12.1 Å². The van der Waals surface area contributed by atoms with E-state index in [0.717, 1.165) is 11.3 Å². The topological polar surface area (TPSA) is 77.3 Å². The summed E-state index contributed by atoms with van der Waals surface area (Å²) >= 11 is 12.9. The monoisotopic (exact) mass is 369 g/mol. The van der Waals surface area contributed by atoms with E-state index < -0.39 is 5.91 Å². The second-order valence-corrected chi connectivity index (χ2v) is 6.59. The van der Waals surface area contributed by atoms with Crippen molar-refractivity contribution in [1.29, 1.82) is 0 Å². The van der Waals surface area contributed by atoms with Crippen molar-refractivity contribution in [3.8, 4) is 17.2 Å². The summed E-state index contributed by atoms with van der Waals surface area (Å²) in [6, 6.07) is 8.60. The fraction of sp³-hybridized carbons (Fsp3) is 0.0714. The summed E-state index contributed by atoms with van der Waals surface area (Å²) in [5.74, 6) is 0.335. The van der Waals surface area contributed by atoms with Crippen LogP contribution < -0.4 is 10.1 Å². The minimum atomic E-state index is -0.478. The molecule has 3 aromatic rings. The Labute approximate surface area is 145 Å². The molecule has 6 nitrogen and oxygen atoms in total. The van der Waals surface area contributed by atoms with E-state index >= 15 is 0 Å². The minimum Gasteiger partial charge on any atom is -0.496 e. The van der Waals surface area contributed by atoms with Gasteiger partial charge in [0.1, 0.15) is 10.1 Å². The number of benzene rings is 1. The van der Waals surface area contributed by atoms with Gasteiger partial charge in [-0.15, -0.1) is 16.4 Å². The Bertz CT molecular complexity index is 863. The Hall–Kier alpha value is -2.09. The molecule has 0 saturated heterocycles. The molecule has 1 amide bonds. The van der Waals surface area contributed by atoms with Gasteiger partial charge >= 0.3 is 6.01 Å². The van der Waals surface area contributed by atoms with Crippen LogP contribution in [0.4, 0.5) is 6.01 Å². The highest BCUT2D eigenvalue weighted by molar-refractivity contribution is 7.20. The van der Waals surface area contributed by atoms with Gasteiger partial charge in [-0.3, -0.25) is 10.1 Å². The first-order chi connectivity index (χ1) is 11.1. The van der Waals surface area contributed by atoms with Crippen molar-refractivity contribution in [2.24, 2.45) is 0 Å². The molecule has 0 aliphatic heterocycles. The van der Waals surface area contributed by atoms with E-state index in [-0.39, 0.29) is 21.8 Å². The Morgan fingerprint density at radius 1 is 1.30 bits per heavy atom. The van der Waals surface area contributed by atoms with E-state index in [1.54, 1.807) is 19.2 Å². The third kappa shape index (κ3) is 3.31. The summed E-state index contributed by atoms with van der Waals surface area (Å²) in [6.07, 6.45) is 0. The van der Waals surface area contributed by atoms with Crippen molar-refractivity contribution in [1.82, 2.24) is 10.2 Å². The van der Waals surface area contributed by atoms with Crippen LogP contribution >= 0.6 is 34.5 Å². The molecule has 0 bridgehead atoms. The quantitative estimate of drug-likeness (QED) is 0.738. The second-order valence-electron chi connectivity index (χ2n) is 4.30. The van der Waals surface area contributed by atoms with Crippen LogP contribution in [0.3, 0.4) is 0 Å². The van der Waals surface area contributed by atoms with E-state index in [9.17, 15) is 4.79 Å². The number of halogens is 2. The van der Waals surface area contributed by atoms with Crippen molar-refractivity contribution in [2.75, 3.05) is 12.4 Å². The molecule has 23 heavy (non-hydrogen) atoms. The van der Waals surface area contributed by atoms with Crippen LogP contribution in [0.1, 0.15) is 10.4 Å². The summed E-state index contributed by atoms with van der Waals surface area (Å²) < 4.78 is 11.4. The number of rotatable bonds is 4. The Kier molecular flexibility index (Phi) is 4.51. The van der Waals surface area contributed by atoms with Crippen LogP contribution in [0.15, 0.2) is 34.7 Å². The number of amides is 1. The number of carbonyl (C=O) groups excluding carboxylic acids is 1. The molecule has 0 radical (unpaired) electrons. The number of hydrogen-bond acceptors (Lipinski definition) is 6. The Balaban J connectivity index is 1.82. The molecular formula is C14H9Cl2N3O3S. The molecule has 2 aromatic heterocycles. The smallest absolute Gasteiger partial charge is 0.322 e. The molecule has 0 unspecified atom stereocenters. The molecule has 2 heterocycles. The van der Waals surface area contributed by atoms with Gasteiger partial charge < -0.3 is 9.15 Å². The van der Waals surface area contributed by atoms with Gasteiger partial charge in [-0.25, -0.2) is 0 Å². The molecule has 1 N–H and O–H groups in total. The average molecular weight is 370 g/mol. The van der Waals surface area contributed by atoms with Crippen molar-refractivity contribution in [3.63, 3.8) is 0 Å². The van der Waals surface area contributed by atoms with Crippen LogP contribution in [0.2, 0.25) is 8.67 Å². The number of anilines is 1. The third-order valence-electron chi connectivity index (χ3n) is 2.88. The van der Waals surface area contributed by atoms with Gasteiger partial charge in [0.05, 0.1) is 22.6 Å². The SMILES string of the molecule is COc1ccccc1-c1nnc(NC(=O)c2cc(Cl)sc2Cl)o1. The third-order valence-corrected chi connectivity index (χ3v) is 4.37. The lowest BCUT2D eigenvalue weighted by Gasteiger charge is -2.03. The first-order valence-corrected chi connectivity index (χ1v) is 7.89. The molecule has 0 atom stereocenters. The van der Waals surface area contributed by atoms with Gasteiger partial charge in [0.15, 0.2) is 0 Å². The highest BCUT2D eigenvalue weighted by Crippen LogP contribution is 2.32. The first-order valence-electron chi connectivity index (χ1n) is 6.31. The number of thiophene rings is 1. The Morgan fingerprint density at radius 2 is 2.09 bits per heavy atom. The van der Waals surface area contributed by atoms with Gasteiger partial charge in [-0.05, 0) is 18.2 Å². The fourth-order valence-electron chi connectivity index (χ4n) is 1.86. The summed E-state index contributed by atoms with van der Waals surface area (Å²) in [7, 11) is 1.54. The van der Waals surface area contributed by atoms with Crippen LogP contribution in [-0.2, 0) is 0 Å². The first kappa shape index (κ1) is 15.8. The van der Waals surface area contributed by atoms with Gasteiger partial charge in [-0.2, -0.15) is 0 Å². The number of para-hydroxylation sites is 1. The van der Waals surface area contributed by atoms with Crippen molar-refractivity contribution < 1.29 is 13.9 Å². The lowest BCUT2D eigenvalue weighted by Crippen LogP contribution is -2.11. The summed E-state index contributed by atoms with van der Waals surface area (Å²) in [5, 5.41) is 10.2. The van der Waals surface area contributed by atoms with E-state index in [0.29, 0.717) is 15.6 Å². The molecule has 9 heteroatoms. The summed E-state index contributed by atoms with van der Waals surface area (Å²) in [4.78, 5) is 12.1. The lowest BCUT2D eigenvalue weighted by atomic mass is 10.2. The largest absolute Gasteiger partial charge is 0.496 e. The highest BCUT2D eigenvalue weighted by Gasteiger charge is 2.18. The van der Waals surface area contributed by atoms with Crippen molar-refractivity contribution in [2.45, 2.75) is 0 Å². The van der Waals surface area contributed by atoms with Gasteiger partial charge in [-0.1, -0.05) is 40.4 Å². The molecule has 0 saturated carbocycles. The predicted octanol–water partition coefficient (Wildman–Crippen LogP) is 4.37. The molecule has 118 valence electrons. The van der Waals surface area contributed by atoms with E-state index in [4.69, 9.17) is 32.4 Å². The minimum absolute atomic E-state index is 0.0469. The van der Waals surface area contributed by atoms with Crippen LogP contribution in [-0.4, -0.2) is 23.2 Å². The molecule has 0 spiro atoms. The zero-order valence-corrected chi connectivity index (χ0v) is 14.0. The lowest BCUT2D eigenvalue weighted by molar-refractivity contribution is 0.102. The molecule has 1 aromatic carbocycles. The molecule has 0 aliphatic carbocycles. The zero-order valence-electron chi connectivity index (χ0n) is 11.7. The van der Waals surface area contributed by atoms with Crippen LogP contribution in [0.25, 0.3) is 11.5 Å². The number of nitrogens with one attached hydrogen (secondary N) is 1. The second kappa shape index (κ2) is 6.57. The van der Waals surface area contributed by atoms with Crippen molar-refractivity contribution in [3.05, 3.63) is 44.6 Å². The number of carbonyl (C=O) groups is 1. The summed E-state index contributed by atoms with van der Waals surface area (Å²) in [6.45, 7) is 0. The van der Waals surface area contributed by atoms with E-state index in [1.165, 1.54) is 6.07 Å². The maximum atomic E-state index is 12.1. The van der Waals surface area contributed by atoms with Crippen LogP contribution in [0.5, 0.6) is 5.75 Å². The van der Waals surface area contributed by atoms with Gasteiger partial charge in [0.2, 0.25) is 0 Å². The van der Waals surface area contributed by atoms with Crippen LogP contribution in [0, 0.1) is 0 Å². The maximum absolute atomic E-state index is 12.1.